The van der Waals surface area contributed by atoms with Crippen LogP contribution in [0.5, 0.6) is 0 Å². The lowest BCUT2D eigenvalue weighted by Gasteiger charge is -2.27. The lowest BCUT2D eigenvalue weighted by molar-refractivity contribution is 0.335. The van der Waals surface area contributed by atoms with E-state index in [9.17, 15) is 8.42 Å². The SMILES string of the molecule is NCc1ncccc1S(=O)(=O)N1CCn2ccnc2C1. The van der Waals surface area contributed by atoms with Crippen molar-refractivity contribution in [3.63, 3.8) is 0 Å². The fourth-order valence-corrected chi connectivity index (χ4v) is 3.88. The number of pyridine rings is 1. The van der Waals surface area contributed by atoms with Crippen molar-refractivity contribution in [3.05, 3.63) is 42.2 Å². The highest BCUT2D eigenvalue weighted by atomic mass is 32.2. The van der Waals surface area contributed by atoms with Gasteiger partial charge in [-0.3, -0.25) is 4.98 Å². The van der Waals surface area contributed by atoms with Gasteiger partial charge in [-0.25, -0.2) is 13.4 Å². The van der Waals surface area contributed by atoms with Crippen LogP contribution in [-0.4, -0.2) is 33.8 Å². The Kier molecular flexibility index (Phi) is 3.28. The van der Waals surface area contributed by atoms with Crippen molar-refractivity contribution in [2.24, 2.45) is 5.73 Å². The van der Waals surface area contributed by atoms with Crippen LogP contribution < -0.4 is 5.73 Å². The van der Waals surface area contributed by atoms with Gasteiger partial charge < -0.3 is 10.3 Å². The van der Waals surface area contributed by atoms with Crippen molar-refractivity contribution < 1.29 is 8.42 Å². The topological polar surface area (TPSA) is 94.1 Å². The Balaban J connectivity index is 1.97. The number of fused-ring (bicyclic) bond motifs is 1. The Morgan fingerprint density at radius 2 is 2.10 bits per heavy atom. The van der Waals surface area contributed by atoms with Gasteiger partial charge in [0.25, 0.3) is 0 Å². The molecule has 20 heavy (non-hydrogen) atoms. The summed E-state index contributed by atoms with van der Waals surface area (Å²) >= 11 is 0. The van der Waals surface area contributed by atoms with Crippen LogP contribution in [0.25, 0.3) is 0 Å². The Morgan fingerprint density at radius 1 is 1.25 bits per heavy atom. The van der Waals surface area contributed by atoms with Gasteiger partial charge in [0.1, 0.15) is 10.7 Å². The monoisotopic (exact) mass is 293 g/mol. The normalized spacial score (nSPS) is 16.1. The molecule has 2 N–H and O–H groups in total. The first-order valence-corrected chi connectivity index (χ1v) is 7.71. The average Bonchev–Trinajstić information content (AvgIpc) is 2.94. The van der Waals surface area contributed by atoms with E-state index in [1.165, 1.54) is 4.31 Å². The first kappa shape index (κ1) is 13.2. The first-order chi connectivity index (χ1) is 9.63. The van der Waals surface area contributed by atoms with E-state index < -0.39 is 10.0 Å². The summed E-state index contributed by atoms with van der Waals surface area (Å²) in [4.78, 5) is 8.40. The summed E-state index contributed by atoms with van der Waals surface area (Å²) in [5, 5.41) is 0. The molecule has 0 fully saturated rings. The molecule has 1 aliphatic rings. The summed E-state index contributed by atoms with van der Waals surface area (Å²) in [6, 6.07) is 3.16. The van der Waals surface area contributed by atoms with Gasteiger partial charge in [-0.1, -0.05) is 0 Å². The molecule has 0 atom stereocenters. The summed E-state index contributed by atoms with van der Waals surface area (Å²) in [6.45, 7) is 1.39. The molecule has 1 aliphatic heterocycles. The van der Waals surface area contributed by atoms with E-state index in [0.29, 0.717) is 18.8 Å². The third kappa shape index (κ3) is 2.11. The average molecular weight is 293 g/mol. The fraction of sp³-hybridized carbons (Fsp3) is 0.333. The maximum Gasteiger partial charge on any atom is 0.245 e. The van der Waals surface area contributed by atoms with E-state index in [4.69, 9.17) is 5.73 Å². The summed E-state index contributed by atoms with van der Waals surface area (Å²) in [6.07, 6.45) is 5.08. The van der Waals surface area contributed by atoms with Gasteiger partial charge >= 0.3 is 0 Å². The highest BCUT2D eigenvalue weighted by Gasteiger charge is 2.30. The molecule has 0 amide bonds. The molecule has 0 radical (unpaired) electrons. The molecular weight excluding hydrogens is 278 g/mol. The number of imidazole rings is 1. The van der Waals surface area contributed by atoms with E-state index >= 15 is 0 Å². The maximum absolute atomic E-state index is 12.7. The van der Waals surface area contributed by atoms with Crippen molar-refractivity contribution >= 4 is 10.0 Å². The second-order valence-electron chi connectivity index (χ2n) is 4.53. The molecule has 8 heteroatoms. The van der Waals surface area contributed by atoms with Crippen LogP contribution in [0, 0.1) is 0 Å². The lowest BCUT2D eigenvalue weighted by atomic mass is 10.3. The molecule has 2 aromatic rings. The fourth-order valence-electron chi connectivity index (χ4n) is 2.31. The third-order valence-corrected chi connectivity index (χ3v) is 5.29. The summed E-state index contributed by atoms with van der Waals surface area (Å²) in [7, 11) is -3.59. The molecule has 3 rings (SSSR count). The number of rotatable bonds is 3. The minimum atomic E-state index is -3.59. The maximum atomic E-state index is 12.7. The second-order valence-corrected chi connectivity index (χ2v) is 6.43. The quantitative estimate of drug-likeness (QED) is 0.855. The molecule has 0 spiro atoms. The van der Waals surface area contributed by atoms with Crippen LogP contribution >= 0.6 is 0 Å². The van der Waals surface area contributed by atoms with Gasteiger partial charge in [0.05, 0.1) is 12.2 Å². The highest BCUT2D eigenvalue weighted by molar-refractivity contribution is 7.89. The van der Waals surface area contributed by atoms with Gasteiger partial charge in [0.15, 0.2) is 0 Å². The molecule has 7 nitrogen and oxygen atoms in total. The largest absolute Gasteiger partial charge is 0.333 e. The van der Waals surface area contributed by atoms with Crippen LogP contribution in [0.3, 0.4) is 0 Å². The van der Waals surface area contributed by atoms with Gasteiger partial charge in [-0.05, 0) is 12.1 Å². The van der Waals surface area contributed by atoms with E-state index in [-0.39, 0.29) is 18.0 Å². The number of nitrogens with zero attached hydrogens (tertiary/aromatic N) is 4. The molecule has 0 aromatic carbocycles. The summed E-state index contributed by atoms with van der Waals surface area (Å²) < 4.78 is 28.8. The van der Waals surface area contributed by atoms with Crippen LogP contribution in [-0.2, 0) is 29.7 Å². The number of hydrogen-bond donors (Lipinski definition) is 1. The second kappa shape index (κ2) is 4.97. The Labute approximate surface area is 117 Å². The number of aromatic nitrogens is 3. The molecule has 3 heterocycles. The Bertz CT molecular complexity index is 725. The summed E-state index contributed by atoms with van der Waals surface area (Å²) in [5.74, 6) is 0.748. The van der Waals surface area contributed by atoms with E-state index in [1.54, 1.807) is 24.5 Å². The van der Waals surface area contributed by atoms with Crippen LogP contribution in [0.1, 0.15) is 11.5 Å². The molecule has 2 aromatic heterocycles. The smallest absolute Gasteiger partial charge is 0.245 e. The summed E-state index contributed by atoms with van der Waals surface area (Å²) in [5.41, 5.74) is 5.97. The number of nitrogens with two attached hydrogens (primary N) is 1. The zero-order chi connectivity index (χ0) is 14.2. The minimum Gasteiger partial charge on any atom is -0.333 e. The molecule has 0 bridgehead atoms. The van der Waals surface area contributed by atoms with Gasteiger partial charge in [-0.2, -0.15) is 4.31 Å². The van der Waals surface area contributed by atoms with Crippen LogP contribution in [0.15, 0.2) is 35.6 Å². The minimum absolute atomic E-state index is 0.0951. The molecular formula is C12H15N5O2S. The van der Waals surface area contributed by atoms with Gasteiger partial charge in [0.2, 0.25) is 10.0 Å². The Morgan fingerprint density at radius 3 is 2.90 bits per heavy atom. The van der Waals surface area contributed by atoms with E-state index in [1.807, 2.05) is 10.8 Å². The van der Waals surface area contributed by atoms with Crippen LogP contribution in [0.4, 0.5) is 0 Å². The van der Waals surface area contributed by atoms with Gasteiger partial charge in [0, 0.05) is 38.2 Å². The predicted octanol–water partition coefficient (Wildman–Crippen LogP) is -0.0587. The molecule has 0 saturated heterocycles. The van der Waals surface area contributed by atoms with Crippen molar-refractivity contribution in [1.82, 2.24) is 18.8 Å². The highest BCUT2D eigenvalue weighted by Crippen LogP contribution is 2.22. The van der Waals surface area contributed by atoms with E-state index in [2.05, 4.69) is 9.97 Å². The van der Waals surface area contributed by atoms with Gasteiger partial charge in [-0.15, -0.1) is 0 Å². The van der Waals surface area contributed by atoms with Crippen molar-refractivity contribution in [2.45, 2.75) is 24.5 Å². The first-order valence-electron chi connectivity index (χ1n) is 6.27. The standard InChI is InChI=1S/C12H15N5O2S/c13-8-10-11(2-1-3-14-10)20(18,19)17-7-6-16-5-4-15-12(16)9-17/h1-5H,6-9,13H2. The number of sulfonamides is 1. The number of hydrogen-bond acceptors (Lipinski definition) is 5. The Hall–Kier alpha value is -1.77. The van der Waals surface area contributed by atoms with E-state index in [0.717, 1.165) is 5.82 Å². The third-order valence-electron chi connectivity index (χ3n) is 3.37. The van der Waals surface area contributed by atoms with Crippen molar-refractivity contribution in [2.75, 3.05) is 6.54 Å². The molecule has 0 aliphatic carbocycles. The zero-order valence-corrected chi connectivity index (χ0v) is 11.6. The van der Waals surface area contributed by atoms with Crippen LogP contribution in [0.2, 0.25) is 0 Å². The van der Waals surface area contributed by atoms with Crippen molar-refractivity contribution in [1.29, 1.82) is 0 Å². The molecule has 0 unspecified atom stereocenters. The lowest BCUT2D eigenvalue weighted by Crippen LogP contribution is -2.38. The predicted molar refractivity (Wildman–Crippen MR) is 72.0 cm³/mol. The van der Waals surface area contributed by atoms with Crippen molar-refractivity contribution in [3.8, 4) is 0 Å². The molecule has 0 saturated carbocycles. The molecule has 106 valence electrons. The zero-order valence-electron chi connectivity index (χ0n) is 10.8.